The average molecular weight is 312 g/mol. The SMILES string of the molecule is OC1CCCCC1C1CCCN1Cc1ccc(Cl)cc1F. The molecule has 2 fully saturated rings. The molecular formula is C17H23ClFNO. The Morgan fingerprint density at radius 1 is 1.19 bits per heavy atom. The van der Waals surface area contributed by atoms with Crippen molar-refractivity contribution in [2.75, 3.05) is 6.54 Å². The third-order valence-corrected chi connectivity index (χ3v) is 5.31. The van der Waals surface area contributed by atoms with Gasteiger partial charge in [-0.15, -0.1) is 0 Å². The molecule has 1 saturated carbocycles. The molecule has 0 aromatic heterocycles. The molecule has 1 N–H and O–H groups in total. The molecule has 3 unspecified atom stereocenters. The fourth-order valence-corrected chi connectivity index (χ4v) is 4.15. The van der Waals surface area contributed by atoms with Gasteiger partial charge in [0.05, 0.1) is 6.10 Å². The molecule has 1 aromatic rings. The zero-order valence-electron chi connectivity index (χ0n) is 12.3. The number of rotatable bonds is 3. The fourth-order valence-electron chi connectivity index (χ4n) is 3.99. The Labute approximate surface area is 130 Å². The van der Waals surface area contributed by atoms with Crippen molar-refractivity contribution in [1.82, 2.24) is 4.90 Å². The van der Waals surface area contributed by atoms with Crippen LogP contribution < -0.4 is 0 Å². The van der Waals surface area contributed by atoms with E-state index in [0.717, 1.165) is 38.6 Å². The van der Waals surface area contributed by atoms with Crippen molar-refractivity contribution in [3.8, 4) is 0 Å². The number of likely N-dealkylation sites (tertiary alicyclic amines) is 1. The molecule has 1 heterocycles. The van der Waals surface area contributed by atoms with E-state index < -0.39 is 0 Å². The highest BCUT2D eigenvalue weighted by Gasteiger charge is 2.36. The van der Waals surface area contributed by atoms with Crippen LogP contribution in [0.15, 0.2) is 18.2 Å². The van der Waals surface area contributed by atoms with Crippen molar-refractivity contribution >= 4 is 11.6 Å². The normalized spacial score (nSPS) is 30.7. The summed E-state index contributed by atoms with van der Waals surface area (Å²) in [6.07, 6.45) is 6.45. The van der Waals surface area contributed by atoms with Gasteiger partial charge in [-0.05, 0) is 44.4 Å². The minimum absolute atomic E-state index is 0.181. The molecule has 0 spiro atoms. The summed E-state index contributed by atoms with van der Waals surface area (Å²) < 4.78 is 14.0. The first-order chi connectivity index (χ1) is 10.1. The molecule has 1 aliphatic heterocycles. The minimum Gasteiger partial charge on any atom is -0.393 e. The van der Waals surface area contributed by atoms with Crippen molar-refractivity contribution in [2.45, 2.75) is 57.2 Å². The van der Waals surface area contributed by atoms with E-state index in [9.17, 15) is 9.50 Å². The molecule has 0 radical (unpaired) electrons. The van der Waals surface area contributed by atoms with E-state index in [0.29, 0.717) is 29.1 Å². The van der Waals surface area contributed by atoms with Gasteiger partial charge in [-0.25, -0.2) is 4.39 Å². The van der Waals surface area contributed by atoms with Crippen LogP contribution in [0.4, 0.5) is 4.39 Å². The average Bonchev–Trinajstić information content (AvgIpc) is 2.90. The summed E-state index contributed by atoms with van der Waals surface area (Å²) in [4.78, 5) is 2.35. The van der Waals surface area contributed by atoms with E-state index in [2.05, 4.69) is 4.90 Å². The molecule has 2 nitrogen and oxygen atoms in total. The maximum atomic E-state index is 14.0. The number of aliphatic hydroxyl groups is 1. The smallest absolute Gasteiger partial charge is 0.129 e. The largest absolute Gasteiger partial charge is 0.393 e. The molecule has 0 amide bonds. The Morgan fingerprint density at radius 2 is 2.00 bits per heavy atom. The zero-order chi connectivity index (χ0) is 14.8. The summed E-state index contributed by atoms with van der Waals surface area (Å²) >= 11 is 5.82. The lowest BCUT2D eigenvalue weighted by molar-refractivity contribution is 0.0199. The van der Waals surface area contributed by atoms with Crippen LogP contribution in [0.1, 0.15) is 44.1 Å². The van der Waals surface area contributed by atoms with Crippen molar-refractivity contribution in [3.05, 3.63) is 34.6 Å². The Balaban J connectivity index is 1.71. The second-order valence-electron chi connectivity index (χ2n) is 6.43. The van der Waals surface area contributed by atoms with Crippen molar-refractivity contribution in [2.24, 2.45) is 5.92 Å². The first kappa shape index (κ1) is 15.3. The molecule has 2 aliphatic rings. The lowest BCUT2D eigenvalue weighted by atomic mass is 9.80. The number of benzene rings is 1. The molecule has 116 valence electrons. The summed E-state index contributed by atoms with van der Waals surface area (Å²) in [7, 11) is 0. The van der Waals surface area contributed by atoms with Gasteiger partial charge in [0.1, 0.15) is 5.82 Å². The molecule has 3 atom stereocenters. The van der Waals surface area contributed by atoms with Gasteiger partial charge in [0, 0.05) is 29.1 Å². The maximum absolute atomic E-state index is 14.0. The van der Waals surface area contributed by atoms with Crippen molar-refractivity contribution < 1.29 is 9.50 Å². The van der Waals surface area contributed by atoms with Gasteiger partial charge in [-0.2, -0.15) is 0 Å². The van der Waals surface area contributed by atoms with Crippen LogP contribution in [-0.2, 0) is 6.54 Å². The van der Waals surface area contributed by atoms with Crippen LogP contribution in [-0.4, -0.2) is 28.7 Å². The number of nitrogens with zero attached hydrogens (tertiary/aromatic N) is 1. The molecule has 21 heavy (non-hydrogen) atoms. The summed E-state index contributed by atoms with van der Waals surface area (Å²) in [5.41, 5.74) is 0.705. The van der Waals surface area contributed by atoms with Gasteiger partial charge in [-0.3, -0.25) is 4.90 Å². The molecule has 4 heteroatoms. The van der Waals surface area contributed by atoms with Crippen LogP contribution in [0.25, 0.3) is 0 Å². The number of aliphatic hydroxyl groups excluding tert-OH is 1. The predicted molar refractivity (Wildman–Crippen MR) is 82.8 cm³/mol. The van der Waals surface area contributed by atoms with Gasteiger partial charge in [-0.1, -0.05) is 30.5 Å². The summed E-state index contributed by atoms with van der Waals surface area (Å²) in [5.74, 6) is 0.133. The molecule has 1 aromatic carbocycles. The fraction of sp³-hybridized carbons (Fsp3) is 0.647. The minimum atomic E-state index is -0.225. The Bertz CT molecular complexity index is 496. The molecule has 3 rings (SSSR count). The van der Waals surface area contributed by atoms with Crippen LogP contribution >= 0.6 is 11.6 Å². The van der Waals surface area contributed by atoms with E-state index >= 15 is 0 Å². The van der Waals surface area contributed by atoms with E-state index in [4.69, 9.17) is 11.6 Å². The first-order valence-corrected chi connectivity index (χ1v) is 8.39. The highest BCUT2D eigenvalue weighted by molar-refractivity contribution is 6.30. The quantitative estimate of drug-likeness (QED) is 0.912. The van der Waals surface area contributed by atoms with Crippen molar-refractivity contribution in [1.29, 1.82) is 0 Å². The highest BCUT2D eigenvalue weighted by atomic mass is 35.5. The van der Waals surface area contributed by atoms with Gasteiger partial charge in [0.25, 0.3) is 0 Å². The topological polar surface area (TPSA) is 23.5 Å². The highest BCUT2D eigenvalue weighted by Crippen LogP contribution is 2.35. The number of halogens is 2. The number of hydrogen-bond donors (Lipinski definition) is 1. The third-order valence-electron chi connectivity index (χ3n) is 5.08. The molecular weight excluding hydrogens is 289 g/mol. The summed E-state index contributed by atoms with van der Waals surface area (Å²) in [6, 6.07) is 5.32. The Kier molecular flexibility index (Phi) is 4.82. The van der Waals surface area contributed by atoms with Crippen molar-refractivity contribution in [3.63, 3.8) is 0 Å². The van der Waals surface area contributed by atoms with Gasteiger partial charge >= 0.3 is 0 Å². The molecule has 0 bridgehead atoms. The van der Waals surface area contributed by atoms with E-state index in [1.807, 2.05) is 0 Å². The first-order valence-electron chi connectivity index (χ1n) is 8.01. The predicted octanol–water partition coefficient (Wildman–Crippen LogP) is 3.99. The lowest BCUT2D eigenvalue weighted by Gasteiger charge is -2.37. The van der Waals surface area contributed by atoms with Gasteiger partial charge in [0.15, 0.2) is 0 Å². The standard InChI is InChI=1S/C17H23ClFNO/c18-13-8-7-12(15(19)10-13)11-20-9-3-5-16(20)14-4-1-2-6-17(14)21/h7-8,10,14,16-17,21H,1-6,9,11H2. The second kappa shape index (κ2) is 6.64. The summed E-state index contributed by atoms with van der Waals surface area (Å²) in [6.45, 7) is 1.62. The summed E-state index contributed by atoms with van der Waals surface area (Å²) in [5, 5.41) is 10.7. The van der Waals surface area contributed by atoms with Crippen LogP contribution in [0.2, 0.25) is 5.02 Å². The second-order valence-corrected chi connectivity index (χ2v) is 6.87. The van der Waals surface area contributed by atoms with E-state index in [1.165, 1.54) is 12.5 Å². The maximum Gasteiger partial charge on any atom is 0.129 e. The van der Waals surface area contributed by atoms with E-state index in [1.54, 1.807) is 12.1 Å². The van der Waals surface area contributed by atoms with Crippen LogP contribution in [0.5, 0.6) is 0 Å². The van der Waals surface area contributed by atoms with Gasteiger partial charge < -0.3 is 5.11 Å². The lowest BCUT2D eigenvalue weighted by Crippen LogP contribution is -2.42. The Morgan fingerprint density at radius 3 is 2.76 bits per heavy atom. The van der Waals surface area contributed by atoms with Crippen LogP contribution in [0.3, 0.4) is 0 Å². The molecule has 1 saturated heterocycles. The molecule has 1 aliphatic carbocycles. The van der Waals surface area contributed by atoms with Crippen LogP contribution in [0, 0.1) is 11.7 Å². The monoisotopic (exact) mass is 311 g/mol. The number of hydrogen-bond acceptors (Lipinski definition) is 2. The van der Waals surface area contributed by atoms with Gasteiger partial charge in [0.2, 0.25) is 0 Å². The van der Waals surface area contributed by atoms with E-state index in [-0.39, 0.29) is 11.9 Å². The zero-order valence-corrected chi connectivity index (χ0v) is 13.0. The third kappa shape index (κ3) is 3.41. The Hall–Kier alpha value is -0.640.